The normalized spacial score (nSPS) is 19.0. The Kier molecular flexibility index (Phi) is 6.79. The van der Waals surface area contributed by atoms with E-state index in [9.17, 15) is 5.11 Å². The number of β-amino-alcohol motifs (C(OH)–C–C–N with tert-alkyl or cyclic N) is 1. The van der Waals surface area contributed by atoms with E-state index in [4.69, 9.17) is 9.90 Å². The van der Waals surface area contributed by atoms with Gasteiger partial charge in [-0.15, -0.1) is 0 Å². The topological polar surface area (TPSA) is 118 Å². The van der Waals surface area contributed by atoms with E-state index >= 15 is 0 Å². The fraction of sp³-hybridized carbons (Fsp3) is 0.381. The number of hydrogen-bond acceptors (Lipinski definition) is 5. The Balaban J connectivity index is 0.000000755. The zero-order valence-corrected chi connectivity index (χ0v) is 16.7. The molecule has 3 heterocycles. The summed E-state index contributed by atoms with van der Waals surface area (Å²) in [6, 6.07) is 10.5. The number of nitrogens with zero attached hydrogens (tertiary/aromatic N) is 3. The number of aromatic amines is 2. The van der Waals surface area contributed by atoms with Crippen LogP contribution in [0.5, 0.6) is 0 Å². The first-order valence-electron chi connectivity index (χ1n) is 9.58. The first kappa shape index (κ1) is 20.8. The van der Waals surface area contributed by atoms with Crippen molar-refractivity contribution in [3.05, 3.63) is 59.0 Å². The number of benzene rings is 1. The summed E-state index contributed by atoms with van der Waals surface area (Å²) in [6.07, 6.45) is 2.38. The van der Waals surface area contributed by atoms with Crippen molar-refractivity contribution in [2.24, 2.45) is 5.92 Å². The highest BCUT2D eigenvalue weighted by Gasteiger charge is 2.32. The van der Waals surface area contributed by atoms with Crippen molar-refractivity contribution < 1.29 is 15.0 Å². The fourth-order valence-electron chi connectivity index (χ4n) is 3.76. The van der Waals surface area contributed by atoms with Gasteiger partial charge in [-0.3, -0.25) is 19.9 Å². The first-order valence-corrected chi connectivity index (χ1v) is 9.58. The summed E-state index contributed by atoms with van der Waals surface area (Å²) in [4.78, 5) is 10.7. The molecule has 2 atom stereocenters. The fourth-order valence-corrected chi connectivity index (χ4v) is 3.76. The van der Waals surface area contributed by atoms with Crippen LogP contribution in [0.15, 0.2) is 36.5 Å². The number of aromatic nitrogens is 4. The SMILES string of the molecule is Cc1ccc(-c2[nH]ncc2CN2C[C@@H](Cc3cc(C)[nH]n3)[C@H](O)C2)cc1.O=CO. The van der Waals surface area contributed by atoms with Crippen LogP contribution in [0.25, 0.3) is 11.3 Å². The molecule has 2 aromatic heterocycles. The molecule has 1 aliphatic rings. The summed E-state index contributed by atoms with van der Waals surface area (Å²) in [7, 11) is 0. The molecule has 1 aromatic carbocycles. The number of likely N-dealkylation sites (tertiary alicyclic amines) is 1. The minimum absolute atomic E-state index is 0.215. The third-order valence-corrected chi connectivity index (χ3v) is 5.16. The van der Waals surface area contributed by atoms with Gasteiger partial charge in [0.2, 0.25) is 0 Å². The summed E-state index contributed by atoms with van der Waals surface area (Å²) >= 11 is 0. The summed E-state index contributed by atoms with van der Waals surface area (Å²) < 4.78 is 0. The Bertz CT molecular complexity index is 919. The summed E-state index contributed by atoms with van der Waals surface area (Å²) in [6.45, 7) is 6.18. The van der Waals surface area contributed by atoms with Crippen LogP contribution >= 0.6 is 0 Å². The molecule has 1 fully saturated rings. The van der Waals surface area contributed by atoms with Crippen LogP contribution in [0, 0.1) is 19.8 Å². The van der Waals surface area contributed by atoms with Crippen molar-refractivity contribution in [3.63, 3.8) is 0 Å². The second kappa shape index (κ2) is 9.49. The van der Waals surface area contributed by atoms with Gasteiger partial charge in [0.1, 0.15) is 0 Å². The third-order valence-electron chi connectivity index (χ3n) is 5.16. The molecule has 8 nitrogen and oxygen atoms in total. The van der Waals surface area contributed by atoms with Crippen LogP contribution in [-0.2, 0) is 17.8 Å². The van der Waals surface area contributed by atoms with E-state index in [-0.39, 0.29) is 18.5 Å². The lowest BCUT2D eigenvalue weighted by Crippen LogP contribution is -2.21. The molecule has 154 valence electrons. The van der Waals surface area contributed by atoms with Crippen molar-refractivity contribution in [3.8, 4) is 11.3 Å². The molecular formula is C21H27N5O3. The van der Waals surface area contributed by atoms with Gasteiger partial charge in [-0.1, -0.05) is 29.8 Å². The Morgan fingerprint density at radius 1 is 1.21 bits per heavy atom. The molecule has 0 saturated carbocycles. The van der Waals surface area contributed by atoms with Gasteiger partial charge in [-0.2, -0.15) is 10.2 Å². The van der Waals surface area contributed by atoms with Gasteiger partial charge in [0, 0.05) is 36.8 Å². The Morgan fingerprint density at radius 3 is 2.59 bits per heavy atom. The minimum Gasteiger partial charge on any atom is -0.483 e. The maximum absolute atomic E-state index is 10.5. The molecule has 0 spiro atoms. The number of rotatable bonds is 5. The molecule has 0 amide bonds. The predicted molar refractivity (Wildman–Crippen MR) is 109 cm³/mol. The van der Waals surface area contributed by atoms with Gasteiger partial charge < -0.3 is 10.2 Å². The Labute approximate surface area is 169 Å². The highest BCUT2D eigenvalue weighted by Crippen LogP contribution is 2.26. The molecule has 4 rings (SSSR count). The number of nitrogens with one attached hydrogen (secondary N) is 2. The van der Waals surface area contributed by atoms with E-state index in [2.05, 4.69) is 62.6 Å². The number of carboxylic acid groups (broad SMARTS) is 1. The van der Waals surface area contributed by atoms with Crippen molar-refractivity contribution in [1.29, 1.82) is 0 Å². The van der Waals surface area contributed by atoms with Crippen LogP contribution in [0.3, 0.4) is 0 Å². The lowest BCUT2D eigenvalue weighted by atomic mass is 10.00. The van der Waals surface area contributed by atoms with E-state index in [1.807, 2.05) is 13.1 Å². The highest BCUT2D eigenvalue weighted by molar-refractivity contribution is 5.62. The predicted octanol–water partition coefficient (Wildman–Crippen LogP) is 2.15. The maximum atomic E-state index is 10.5. The molecule has 0 bridgehead atoms. The number of carbonyl (C=O) groups is 1. The molecule has 0 aliphatic carbocycles. The van der Waals surface area contributed by atoms with Crippen LogP contribution in [-0.4, -0.2) is 61.2 Å². The lowest BCUT2D eigenvalue weighted by molar-refractivity contribution is -0.122. The number of hydrogen-bond donors (Lipinski definition) is 4. The molecule has 0 radical (unpaired) electrons. The Hall–Kier alpha value is -2.97. The molecule has 8 heteroatoms. The Morgan fingerprint density at radius 2 is 1.93 bits per heavy atom. The lowest BCUT2D eigenvalue weighted by Gasteiger charge is -2.15. The van der Waals surface area contributed by atoms with Gasteiger partial charge in [-0.05, 0) is 31.9 Å². The van der Waals surface area contributed by atoms with Crippen molar-refractivity contribution in [2.45, 2.75) is 32.9 Å². The first-order chi connectivity index (χ1) is 14.0. The van der Waals surface area contributed by atoms with Crippen LogP contribution in [0.2, 0.25) is 0 Å². The van der Waals surface area contributed by atoms with Gasteiger partial charge >= 0.3 is 0 Å². The van der Waals surface area contributed by atoms with E-state index in [1.165, 1.54) is 5.56 Å². The van der Waals surface area contributed by atoms with E-state index in [0.717, 1.165) is 47.7 Å². The molecule has 29 heavy (non-hydrogen) atoms. The largest absolute Gasteiger partial charge is 0.483 e. The zero-order chi connectivity index (χ0) is 20.8. The summed E-state index contributed by atoms with van der Waals surface area (Å²) in [5.74, 6) is 0.215. The van der Waals surface area contributed by atoms with E-state index in [1.54, 1.807) is 0 Å². The number of aryl methyl sites for hydroxylation is 2. The van der Waals surface area contributed by atoms with Crippen molar-refractivity contribution >= 4 is 6.47 Å². The average molecular weight is 397 g/mol. The van der Waals surface area contributed by atoms with Gasteiger partial charge in [-0.25, -0.2) is 0 Å². The molecule has 4 N–H and O–H groups in total. The molecule has 0 unspecified atom stereocenters. The molecule has 3 aromatic rings. The van der Waals surface area contributed by atoms with Gasteiger partial charge in [0.05, 0.1) is 23.7 Å². The average Bonchev–Trinajstić information content (AvgIpc) is 3.39. The zero-order valence-electron chi connectivity index (χ0n) is 16.7. The maximum Gasteiger partial charge on any atom is 0.290 e. The second-order valence-corrected chi connectivity index (χ2v) is 7.51. The smallest absolute Gasteiger partial charge is 0.290 e. The summed E-state index contributed by atoms with van der Waals surface area (Å²) in [5.41, 5.74) is 6.70. The van der Waals surface area contributed by atoms with Gasteiger partial charge in [0.25, 0.3) is 6.47 Å². The molecule has 1 saturated heterocycles. The third kappa shape index (κ3) is 5.30. The van der Waals surface area contributed by atoms with Crippen LogP contribution in [0.4, 0.5) is 0 Å². The highest BCUT2D eigenvalue weighted by atomic mass is 16.3. The van der Waals surface area contributed by atoms with E-state index in [0.29, 0.717) is 6.54 Å². The van der Waals surface area contributed by atoms with Gasteiger partial charge in [0.15, 0.2) is 0 Å². The quantitative estimate of drug-likeness (QED) is 0.490. The monoisotopic (exact) mass is 397 g/mol. The number of H-pyrrole nitrogens is 2. The minimum atomic E-state index is -0.318. The van der Waals surface area contributed by atoms with Crippen LogP contribution in [0.1, 0.15) is 22.5 Å². The van der Waals surface area contributed by atoms with Crippen molar-refractivity contribution in [1.82, 2.24) is 25.3 Å². The second-order valence-electron chi connectivity index (χ2n) is 7.51. The van der Waals surface area contributed by atoms with E-state index < -0.39 is 0 Å². The number of aliphatic hydroxyl groups excluding tert-OH is 1. The summed E-state index contributed by atoms with van der Waals surface area (Å²) in [5, 5.41) is 32.0. The van der Waals surface area contributed by atoms with Crippen molar-refractivity contribution in [2.75, 3.05) is 13.1 Å². The molecular weight excluding hydrogens is 370 g/mol. The number of aliphatic hydroxyl groups is 1. The van der Waals surface area contributed by atoms with Crippen LogP contribution < -0.4 is 0 Å². The standard InChI is InChI=1S/C20H25N5O.CH2O2/c1-13-3-5-15(6-4-13)20-17(9-21-24-20)11-25-10-16(19(26)12-25)8-18-7-14(2)22-23-18;2-1-3/h3-7,9,16,19,26H,8,10-12H2,1-2H3,(H,21,24)(H,22,23);1H,(H,2,3)/t16-,19-;/m1./s1. The molecule has 1 aliphatic heterocycles.